The van der Waals surface area contributed by atoms with Crippen molar-refractivity contribution in [2.75, 3.05) is 40.4 Å². The SMILES string of the molecule is CC=Cc1cc(CN2CCN(Cc3cc(C=CC)cc(OC)c3O)CC2)c(O)c(OC)c1. The van der Waals surface area contributed by atoms with Gasteiger partial charge in [0.15, 0.2) is 23.0 Å². The predicted octanol–water partition coefficient (Wildman–Crippen LogP) is 4.50. The Morgan fingerprint density at radius 2 is 1.09 bits per heavy atom. The third-order valence-electron chi connectivity index (χ3n) is 5.76. The molecule has 0 aliphatic carbocycles. The van der Waals surface area contributed by atoms with Gasteiger partial charge in [0.05, 0.1) is 14.2 Å². The topological polar surface area (TPSA) is 65.4 Å². The maximum absolute atomic E-state index is 10.6. The number of phenolic OH excluding ortho intramolecular Hbond substituents is 2. The molecule has 0 spiro atoms. The second-order valence-electron chi connectivity index (χ2n) is 8.01. The van der Waals surface area contributed by atoms with Crippen molar-refractivity contribution in [1.29, 1.82) is 0 Å². The van der Waals surface area contributed by atoms with Crippen LogP contribution in [0.25, 0.3) is 12.2 Å². The van der Waals surface area contributed by atoms with Gasteiger partial charge >= 0.3 is 0 Å². The normalized spacial score (nSPS) is 15.6. The number of hydrogen-bond donors (Lipinski definition) is 2. The lowest BCUT2D eigenvalue weighted by Gasteiger charge is -2.35. The standard InChI is InChI=1S/C26H34N2O4/c1-5-7-19-13-21(25(29)23(15-19)31-3)17-27-9-11-28(12-10-27)18-22-14-20(8-6-2)16-24(32-4)26(22)30/h5-8,13-16,29-30H,9-12,17-18H2,1-4H3. The Balaban J connectivity index is 1.67. The first-order chi connectivity index (χ1) is 15.5. The molecule has 1 aliphatic heterocycles. The Morgan fingerprint density at radius 3 is 1.41 bits per heavy atom. The van der Waals surface area contributed by atoms with Crippen molar-refractivity contribution in [3.05, 3.63) is 58.7 Å². The third kappa shape index (κ3) is 5.64. The summed E-state index contributed by atoms with van der Waals surface area (Å²) in [6.45, 7) is 8.78. The Labute approximate surface area is 191 Å². The average molecular weight is 439 g/mol. The van der Waals surface area contributed by atoms with Gasteiger partial charge in [-0.3, -0.25) is 9.80 Å². The summed E-state index contributed by atoms with van der Waals surface area (Å²) in [6, 6.07) is 7.72. The first kappa shape index (κ1) is 23.7. The molecule has 0 amide bonds. The van der Waals surface area contributed by atoms with Crippen LogP contribution >= 0.6 is 0 Å². The Kier molecular flexibility index (Phi) is 8.20. The molecular formula is C26H34N2O4. The summed E-state index contributed by atoms with van der Waals surface area (Å²) in [5, 5.41) is 21.2. The number of methoxy groups -OCH3 is 2. The number of phenols is 2. The van der Waals surface area contributed by atoms with Crippen LogP contribution in [0.3, 0.4) is 0 Å². The number of piperazine rings is 1. The third-order valence-corrected chi connectivity index (χ3v) is 5.76. The van der Waals surface area contributed by atoms with E-state index in [1.54, 1.807) is 14.2 Å². The summed E-state index contributed by atoms with van der Waals surface area (Å²) in [5.41, 5.74) is 3.77. The molecule has 6 nitrogen and oxygen atoms in total. The molecule has 172 valence electrons. The molecule has 0 saturated carbocycles. The molecule has 1 fully saturated rings. The molecule has 1 heterocycles. The van der Waals surface area contributed by atoms with E-state index in [0.29, 0.717) is 24.6 Å². The van der Waals surface area contributed by atoms with E-state index in [9.17, 15) is 10.2 Å². The molecule has 0 bridgehead atoms. The van der Waals surface area contributed by atoms with E-state index in [4.69, 9.17) is 9.47 Å². The summed E-state index contributed by atoms with van der Waals surface area (Å²) in [5.74, 6) is 1.42. The molecule has 32 heavy (non-hydrogen) atoms. The molecular weight excluding hydrogens is 404 g/mol. The van der Waals surface area contributed by atoms with Crippen molar-refractivity contribution in [2.45, 2.75) is 26.9 Å². The maximum atomic E-state index is 10.6. The lowest BCUT2D eigenvalue weighted by molar-refractivity contribution is 0.120. The average Bonchev–Trinajstić information content (AvgIpc) is 2.79. The zero-order valence-electron chi connectivity index (χ0n) is 19.5. The van der Waals surface area contributed by atoms with Crippen LogP contribution < -0.4 is 9.47 Å². The fourth-order valence-corrected chi connectivity index (χ4v) is 4.10. The van der Waals surface area contributed by atoms with Gasteiger partial charge in [0, 0.05) is 50.4 Å². The van der Waals surface area contributed by atoms with Crippen LogP contribution in [-0.2, 0) is 13.1 Å². The minimum absolute atomic E-state index is 0.209. The quantitative estimate of drug-likeness (QED) is 0.633. The first-order valence-electron chi connectivity index (χ1n) is 11.0. The van der Waals surface area contributed by atoms with Crippen LogP contribution in [0, 0.1) is 0 Å². The van der Waals surface area contributed by atoms with E-state index in [-0.39, 0.29) is 11.5 Å². The monoisotopic (exact) mass is 438 g/mol. The van der Waals surface area contributed by atoms with Crippen LogP contribution in [0.5, 0.6) is 23.0 Å². The van der Waals surface area contributed by atoms with Gasteiger partial charge in [0.2, 0.25) is 0 Å². The number of rotatable bonds is 8. The number of hydrogen-bond acceptors (Lipinski definition) is 6. The molecule has 3 rings (SSSR count). The Bertz CT molecular complexity index is 897. The van der Waals surface area contributed by atoms with E-state index in [1.807, 2.05) is 62.4 Å². The molecule has 0 radical (unpaired) electrons. The van der Waals surface area contributed by atoms with E-state index >= 15 is 0 Å². The molecule has 0 aromatic heterocycles. The van der Waals surface area contributed by atoms with E-state index in [1.165, 1.54) is 0 Å². The van der Waals surface area contributed by atoms with Gasteiger partial charge in [-0.1, -0.05) is 24.3 Å². The van der Waals surface area contributed by atoms with Gasteiger partial charge in [-0.25, -0.2) is 0 Å². The zero-order chi connectivity index (χ0) is 23.1. The van der Waals surface area contributed by atoms with Crippen molar-refractivity contribution in [2.24, 2.45) is 0 Å². The van der Waals surface area contributed by atoms with Gasteiger partial charge in [-0.15, -0.1) is 0 Å². The maximum Gasteiger partial charge on any atom is 0.162 e. The second-order valence-corrected chi connectivity index (χ2v) is 8.01. The fourth-order valence-electron chi connectivity index (χ4n) is 4.10. The van der Waals surface area contributed by atoms with Crippen molar-refractivity contribution in [3.63, 3.8) is 0 Å². The van der Waals surface area contributed by atoms with Crippen molar-refractivity contribution < 1.29 is 19.7 Å². The highest BCUT2D eigenvalue weighted by molar-refractivity contribution is 5.59. The number of aromatic hydroxyl groups is 2. The number of benzene rings is 2. The minimum atomic E-state index is 0.209. The minimum Gasteiger partial charge on any atom is -0.504 e. The highest BCUT2D eigenvalue weighted by Crippen LogP contribution is 2.34. The molecule has 6 heteroatoms. The van der Waals surface area contributed by atoms with Crippen LogP contribution in [0.1, 0.15) is 36.1 Å². The smallest absolute Gasteiger partial charge is 0.162 e. The molecule has 0 unspecified atom stereocenters. The number of ether oxygens (including phenoxy) is 2. The van der Waals surface area contributed by atoms with E-state index < -0.39 is 0 Å². The van der Waals surface area contributed by atoms with Gasteiger partial charge in [-0.2, -0.15) is 0 Å². The fraction of sp³-hybridized carbons (Fsp3) is 0.385. The summed E-state index contributed by atoms with van der Waals surface area (Å²) in [7, 11) is 3.15. The summed E-state index contributed by atoms with van der Waals surface area (Å²) in [6.07, 6.45) is 7.96. The number of allylic oxidation sites excluding steroid dienone is 2. The molecule has 2 aromatic rings. The van der Waals surface area contributed by atoms with Gasteiger partial charge in [0.25, 0.3) is 0 Å². The Hall–Kier alpha value is -2.96. The van der Waals surface area contributed by atoms with Gasteiger partial charge in [-0.05, 0) is 49.2 Å². The predicted molar refractivity (Wildman–Crippen MR) is 129 cm³/mol. The van der Waals surface area contributed by atoms with Crippen molar-refractivity contribution in [1.82, 2.24) is 9.80 Å². The van der Waals surface area contributed by atoms with Crippen LogP contribution in [0.15, 0.2) is 36.4 Å². The molecule has 2 N–H and O–H groups in total. The lowest BCUT2D eigenvalue weighted by Crippen LogP contribution is -2.45. The molecule has 0 atom stereocenters. The highest BCUT2D eigenvalue weighted by atomic mass is 16.5. The summed E-state index contributed by atoms with van der Waals surface area (Å²) >= 11 is 0. The molecule has 1 saturated heterocycles. The highest BCUT2D eigenvalue weighted by Gasteiger charge is 2.21. The Morgan fingerprint density at radius 1 is 0.719 bits per heavy atom. The number of nitrogens with zero attached hydrogens (tertiary/aromatic N) is 2. The van der Waals surface area contributed by atoms with Crippen molar-refractivity contribution in [3.8, 4) is 23.0 Å². The van der Waals surface area contributed by atoms with E-state index in [0.717, 1.165) is 48.4 Å². The van der Waals surface area contributed by atoms with Gasteiger partial charge in [0.1, 0.15) is 0 Å². The summed E-state index contributed by atoms with van der Waals surface area (Å²) in [4.78, 5) is 4.67. The summed E-state index contributed by atoms with van der Waals surface area (Å²) < 4.78 is 10.7. The lowest BCUT2D eigenvalue weighted by atomic mass is 10.1. The second kappa shape index (κ2) is 11.1. The molecule has 2 aromatic carbocycles. The van der Waals surface area contributed by atoms with Gasteiger partial charge < -0.3 is 19.7 Å². The largest absolute Gasteiger partial charge is 0.504 e. The van der Waals surface area contributed by atoms with Crippen molar-refractivity contribution >= 4 is 12.2 Å². The first-order valence-corrected chi connectivity index (χ1v) is 11.0. The zero-order valence-corrected chi connectivity index (χ0v) is 19.5. The van der Waals surface area contributed by atoms with Crippen LogP contribution in [-0.4, -0.2) is 60.4 Å². The molecule has 1 aliphatic rings. The van der Waals surface area contributed by atoms with E-state index in [2.05, 4.69) is 9.80 Å². The van der Waals surface area contributed by atoms with Crippen LogP contribution in [0.4, 0.5) is 0 Å². The van der Waals surface area contributed by atoms with Crippen LogP contribution in [0.2, 0.25) is 0 Å².